The topological polar surface area (TPSA) is 106 Å². The van der Waals surface area contributed by atoms with Crippen LogP contribution in [0, 0.1) is 0 Å². The van der Waals surface area contributed by atoms with Crippen molar-refractivity contribution in [3.63, 3.8) is 0 Å². The number of methoxy groups -OCH3 is 3. The van der Waals surface area contributed by atoms with Gasteiger partial charge in [0.1, 0.15) is 29.3 Å². The van der Waals surface area contributed by atoms with Gasteiger partial charge in [-0.15, -0.1) is 0 Å². The molecule has 2 aromatic rings. The van der Waals surface area contributed by atoms with Gasteiger partial charge in [-0.1, -0.05) is 12.1 Å². The Hall–Kier alpha value is -3.75. The molecule has 2 N–H and O–H groups in total. The summed E-state index contributed by atoms with van der Waals surface area (Å²) in [6, 6.07) is 11.0. The number of nitrogens with one attached hydrogen (secondary N) is 2. The maximum absolute atomic E-state index is 13.1. The minimum Gasteiger partial charge on any atom is -0.497 e. The molecule has 0 aliphatic carbocycles. The zero-order chi connectivity index (χ0) is 23.5. The van der Waals surface area contributed by atoms with Crippen molar-refractivity contribution in [3.05, 3.63) is 53.6 Å². The van der Waals surface area contributed by atoms with Crippen molar-refractivity contribution in [2.75, 3.05) is 27.9 Å². The summed E-state index contributed by atoms with van der Waals surface area (Å²) in [5.74, 6) is 0.846. The SMILES string of the molecule is COc1ccc(C2(C)NC(=O)N(CC(=O)NC(C)c3cc(OC)ccc3OC)C2=O)cc1. The van der Waals surface area contributed by atoms with Gasteiger partial charge < -0.3 is 24.8 Å². The number of imide groups is 1. The van der Waals surface area contributed by atoms with Gasteiger partial charge in [-0.3, -0.25) is 14.5 Å². The van der Waals surface area contributed by atoms with Crippen molar-refractivity contribution >= 4 is 17.8 Å². The van der Waals surface area contributed by atoms with Crippen LogP contribution < -0.4 is 24.8 Å². The van der Waals surface area contributed by atoms with Crippen LogP contribution in [0.5, 0.6) is 17.2 Å². The molecule has 9 nitrogen and oxygen atoms in total. The molecule has 1 saturated heterocycles. The molecule has 1 aliphatic heterocycles. The highest BCUT2D eigenvalue weighted by atomic mass is 16.5. The van der Waals surface area contributed by atoms with E-state index in [0.717, 1.165) is 4.90 Å². The van der Waals surface area contributed by atoms with E-state index in [-0.39, 0.29) is 0 Å². The number of nitrogens with zero attached hydrogens (tertiary/aromatic N) is 1. The number of amides is 4. The van der Waals surface area contributed by atoms with Crippen molar-refractivity contribution in [2.45, 2.75) is 25.4 Å². The van der Waals surface area contributed by atoms with Crippen LogP contribution in [0.1, 0.15) is 31.0 Å². The molecule has 9 heteroatoms. The molecule has 2 atom stereocenters. The number of urea groups is 1. The van der Waals surface area contributed by atoms with Crippen LogP contribution in [-0.4, -0.2) is 50.6 Å². The highest BCUT2D eigenvalue weighted by Gasteiger charge is 2.49. The zero-order valence-electron chi connectivity index (χ0n) is 18.7. The zero-order valence-corrected chi connectivity index (χ0v) is 18.7. The largest absolute Gasteiger partial charge is 0.497 e. The van der Waals surface area contributed by atoms with Crippen LogP contribution >= 0.6 is 0 Å². The molecule has 0 spiro atoms. The van der Waals surface area contributed by atoms with Crippen LogP contribution in [-0.2, 0) is 15.1 Å². The van der Waals surface area contributed by atoms with Crippen molar-refractivity contribution in [3.8, 4) is 17.2 Å². The maximum atomic E-state index is 13.1. The molecule has 0 radical (unpaired) electrons. The predicted octanol–water partition coefficient (Wildman–Crippen LogP) is 2.36. The van der Waals surface area contributed by atoms with E-state index in [1.54, 1.807) is 70.5 Å². The molecular weight excluding hydrogens is 414 g/mol. The smallest absolute Gasteiger partial charge is 0.325 e. The monoisotopic (exact) mass is 441 g/mol. The fourth-order valence-electron chi connectivity index (χ4n) is 3.65. The number of hydrogen-bond acceptors (Lipinski definition) is 6. The summed E-state index contributed by atoms with van der Waals surface area (Å²) in [6.45, 7) is 2.98. The number of carbonyl (C=O) groups excluding carboxylic acids is 3. The maximum Gasteiger partial charge on any atom is 0.325 e. The van der Waals surface area contributed by atoms with Gasteiger partial charge in [-0.05, 0) is 49.7 Å². The molecule has 0 aromatic heterocycles. The second-order valence-electron chi connectivity index (χ2n) is 7.57. The van der Waals surface area contributed by atoms with Gasteiger partial charge >= 0.3 is 6.03 Å². The third-order valence-electron chi connectivity index (χ3n) is 5.52. The molecule has 0 saturated carbocycles. The highest BCUT2D eigenvalue weighted by Crippen LogP contribution is 2.31. The molecular formula is C23H27N3O6. The normalized spacial score (nSPS) is 18.7. The predicted molar refractivity (Wildman–Crippen MR) is 117 cm³/mol. The summed E-state index contributed by atoms with van der Waals surface area (Å²) in [4.78, 5) is 39.2. The second-order valence-corrected chi connectivity index (χ2v) is 7.57. The Kier molecular flexibility index (Phi) is 6.57. The molecule has 4 amide bonds. The number of hydrogen-bond donors (Lipinski definition) is 2. The molecule has 2 aromatic carbocycles. The van der Waals surface area contributed by atoms with Crippen molar-refractivity contribution in [1.82, 2.24) is 15.5 Å². The quantitative estimate of drug-likeness (QED) is 0.609. The van der Waals surface area contributed by atoms with E-state index in [4.69, 9.17) is 14.2 Å². The molecule has 1 fully saturated rings. The van der Waals surface area contributed by atoms with E-state index in [2.05, 4.69) is 10.6 Å². The van der Waals surface area contributed by atoms with E-state index in [1.165, 1.54) is 7.11 Å². The first-order valence-electron chi connectivity index (χ1n) is 10.0. The van der Waals surface area contributed by atoms with E-state index in [0.29, 0.717) is 28.4 Å². The van der Waals surface area contributed by atoms with E-state index in [1.807, 2.05) is 0 Å². The summed E-state index contributed by atoms with van der Waals surface area (Å²) in [6.07, 6.45) is 0. The van der Waals surface area contributed by atoms with Crippen LogP contribution in [0.3, 0.4) is 0 Å². The van der Waals surface area contributed by atoms with Crippen LogP contribution in [0.4, 0.5) is 4.79 Å². The number of rotatable bonds is 8. The number of ether oxygens (including phenoxy) is 3. The first-order valence-corrected chi connectivity index (χ1v) is 10.0. The van der Waals surface area contributed by atoms with Crippen molar-refractivity contribution < 1.29 is 28.6 Å². The van der Waals surface area contributed by atoms with Gasteiger partial charge in [0.2, 0.25) is 5.91 Å². The Bertz CT molecular complexity index is 1020. The fourth-order valence-corrected chi connectivity index (χ4v) is 3.65. The Morgan fingerprint density at radius 1 is 1.03 bits per heavy atom. The molecule has 3 rings (SSSR count). The Balaban J connectivity index is 1.72. The summed E-state index contributed by atoms with van der Waals surface area (Å²) in [7, 11) is 4.63. The van der Waals surface area contributed by atoms with Crippen molar-refractivity contribution in [1.29, 1.82) is 0 Å². The van der Waals surface area contributed by atoms with Gasteiger partial charge in [0, 0.05) is 5.56 Å². The lowest BCUT2D eigenvalue weighted by molar-refractivity contribution is -0.135. The highest BCUT2D eigenvalue weighted by molar-refractivity contribution is 6.09. The van der Waals surface area contributed by atoms with Gasteiger partial charge in [0.15, 0.2) is 0 Å². The first kappa shape index (κ1) is 22.9. The third-order valence-corrected chi connectivity index (χ3v) is 5.52. The Morgan fingerprint density at radius 3 is 2.25 bits per heavy atom. The lowest BCUT2D eigenvalue weighted by Gasteiger charge is -2.23. The molecule has 0 bridgehead atoms. The third kappa shape index (κ3) is 4.32. The molecule has 170 valence electrons. The molecule has 1 heterocycles. The average Bonchev–Trinajstić information content (AvgIpc) is 3.02. The first-order chi connectivity index (χ1) is 15.2. The van der Waals surface area contributed by atoms with Crippen LogP contribution in [0.2, 0.25) is 0 Å². The van der Waals surface area contributed by atoms with Gasteiger partial charge in [-0.25, -0.2) is 4.79 Å². The van der Waals surface area contributed by atoms with E-state index in [9.17, 15) is 14.4 Å². The summed E-state index contributed by atoms with van der Waals surface area (Å²) in [5, 5.41) is 5.50. The van der Waals surface area contributed by atoms with Gasteiger partial charge in [0.25, 0.3) is 5.91 Å². The molecule has 2 unspecified atom stereocenters. The minimum atomic E-state index is -1.27. The van der Waals surface area contributed by atoms with Crippen LogP contribution in [0.25, 0.3) is 0 Å². The lowest BCUT2D eigenvalue weighted by Crippen LogP contribution is -2.43. The summed E-state index contributed by atoms with van der Waals surface area (Å²) < 4.78 is 15.7. The average molecular weight is 441 g/mol. The van der Waals surface area contributed by atoms with E-state index < -0.39 is 36.0 Å². The second kappa shape index (κ2) is 9.17. The summed E-state index contributed by atoms with van der Waals surface area (Å²) >= 11 is 0. The molecule has 1 aliphatic rings. The summed E-state index contributed by atoms with van der Waals surface area (Å²) in [5.41, 5.74) is 0.0279. The fraction of sp³-hybridized carbons (Fsp3) is 0.348. The Morgan fingerprint density at radius 2 is 1.66 bits per heavy atom. The Labute approximate surface area is 186 Å². The van der Waals surface area contributed by atoms with E-state index >= 15 is 0 Å². The number of benzene rings is 2. The van der Waals surface area contributed by atoms with Gasteiger partial charge in [0.05, 0.1) is 27.4 Å². The minimum absolute atomic E-state index is 0.410. The van der Waals surface area contributed by atoms with Gasteiger partial charge in [-0.2, -0.15) is 0 Å². The lowest BCUT2D eigenvalue weighted by atomic mass is 9.92. The standard InChI is InChI=1S/C23H27N3O6/c1-14(18-12-17(31-4)10-11-19(18)32-5)24-20(27)13-26-21(28)23(2,25-22(26)29)15-6-8-16(30-3)9-7-15/h6-12,14H,13H2,1-5H3,(H,24,27)(H,25,29). The molecule has 32 heavy (non-hydrogen) atoms. The van der Waals surface area contributed by atoms with Crippen LogP contribution in [0.15, 0.2) is 42.5 Å². The van der Waals surface area contributed by atoms with Crippen molar-refractivity contribution in [2.24, 2.45) is 0 Å². The number of carbonyl (C=O) groups is 3.